The van der Waals surface area contributed by atoms with E-state index in [-0.39, 0.29) is 6.04 Å². The second-order valence-electron chi connectivity index (χ2n) is 4.18. The average molecular weight is 300 g/mol. The molecule has 0 fully saturated rings. The van der Waals surface area contributed by atoms with Crippen molar-refractivity contribution in [3.63, 3.8) is 0 Å². The zero-order valence-electron chi connectivity index (χ0n) is 10.6. The van der Waals surface area contributed by atoms with E-state index in [1.165, 1.54) is 6.39 Å². The van der Waals surface area contributed by atoms with E-state index in [1.54, 1.807) is 6.07 Å². The molecule has 1 unspecified atom stereocenters. The summed E-state index contributed by atoms with van der Waals surface area (Å²) in [7, 11) is 0. The number of rotatable bonds is 6. The Balaban J connectivity index is 1.95. The summed E-state index contributed by atoms with van der Waals surface area (Å²) in [5.41, 5.74) is 1.06. The number of aromatic nitrogens is 2. The van der Waals surface area contributed by atoms with Crippen LogP contribution in [0.4, 0.5) is 0 Å². The van der Waals surface area contributed by atoms with Crippen LogP contribution in [0.5, 0.6) is 0 Å². The van der Waals surface area contributed by atoms with Crippen LogP contribution < -0.4 is 5.32 Å². The monoisotopic (exact) mass is 299 g/mol. The quantitative estimate of drug-likeness (QED) is 0.884. The number of hydrogen-bond donors (Lipinski definition) is 1. The molecule has 0 bridgehead atoms. The van der Waals surface area contributed by atoms with Crippen molar-refractivity contribution in [3.05, 3.63) is 46.0 Å². The number of halogens is 2. The molecule has 6 heteroatoms. The van der Waals surface area contributed by atoms with Crippen LogP contribution in [0.3, 0.4) is 0 Å². The summed E-state index contributed by atoms with van der Waals surface area (Å²) in [6.07, 6.45) is 2.99. The van der Waals surface area contributed by atoms with E-state index in [0.717, 1.165) is 24.9 Å². The van der Waals surface area contributed by atoms with Crippen LogP contribution in [-0.4, -0.2) is 16.7 Å². The van der Waals surface area contributed by atoms with Crippen LogP contribution in [0.1, 0.15) is 30.8 Å². The smallest absolute Gasteiger partial charge is 0.213 e. The minimum atomic E-state index is 0.191. The fourth-order valence-corrected chi connectivity index (χ4v) is 2.46. The maximum absolute atomic E-state index is 6.22. The number of nitrogens with zero attached hydrogens (tertiary/aromatic N) is 2. The first-order valence-corrected chi connectivity index (χ1v) is 6.90. The lowest BCUT2D eigenvalue weighted by atomic mass is 10.0. The number of hydrogen-bond acceptors (Lipinski definition) is 4. The van der Waals surface area contributed by atoms with Crippen molar-refractivity contribution in [2.75, 3.05) is 6.54 Å². The second kappa shape index (κ2) is 6.89. The normalized spacial score (nSPS) is 12.6. The van der Waals surface area contributed by atoms with Crippen LogP contribution in [0.2, 0.25) is 10.0 Å². The zero-order valence-corrected chi connectivity index (χ0v) is 12.1. The van der Waals surface area contributed by atoms with E-state index in [0.29, 0.717) is 15.9 Å². The van der Waals surface area contributed by atoms with Gasteiger partial charge < -0.3 is 9.84 Å². The van der Waals surface area contributed by atoms with E-state index >= 15 is 0 Å². The first kappa shape index (κ1) is 14.3. The Morgan fingerprint density at radius 2 is 2.21 bits per heavy atom. The molecule has 0 saturated heterocycles. The molecule has 102 valence electrons. The Labute approximate surface area is 122 Å². The molecule has 19 heavy (non-hydrogen) atoms. The van der Waals surface area contributed by atoms with Crippen molar-refractivity contribution < 1.29 is 4.52 Å². The zero-order chi connectivity index (χ0) is 13.7. The first-order valence-electron chi connectivity index (χ1n) is 6.14. The molecule has 1 N–H and O–H groups in total. The van der Waals surface area contributed by atoms with Crippen molar-refractivity contribution in [2.45, 2.75) is 25.8 Å². The molecule has 1 aromatic carbocycles. The number of benzene rings is 1. The minimum Gasteiger partial charge on any atom is -0.343 e. The Bertz CT molecular complexity index is 517. The third-order valence-electron chi connectivity index (χ3n) is 2.89. The predicted molar refractivity (Wildman–Crippen MR) is 75.5 cm³/mol. The highest BCUT2D eigenvalue weighted by atomic mass is 35.5. The summed E-state index contributed by atoms with van der Waals surface area (Å²) in [6.45, 7) is 2.87. The maximum Gasteiger partial charge on any atom is 0.213 e. The Morgan fingerprint density at radius 1 is 1.37 bits per heavy atom. The Kier molecular flexibility index (Phi) is 5.19. The van der Waals surface area contributed by atoms with Crippen LogP contribution in [0, 0.1) is 0 Å². The summed E-state index contributed by atoms with van der Waals surface area (Å²) in [6, 6.07) is 5.77. The second-order valence-corrected chi connectivity index (χ2v) is 5.02. The van der Waals surface area contributed by atoms with E-state index < -0.39 is 0 Å². The van der Waals surface area contributed by atoms with Gasteiger partial charge in [0, 0.05) is 29.1 Å². The van der Waals surface area contributed by atoms with Crippen LogP contribution in [0.15, 0.2) is 29.1 Å². The van der Waals surface area contributed by atoms with Gasteiger partial charge in [0.15, 0.2) is 5.82 Å². The molecule has 0 amide bonds. The number of nitrogens with one attached hydrogen (secondary N) is 1. The molecule has 2 rings (SSSR count). The van der Waals surface area contributed by atoms with Gasteiger partial charge in [-0.15, -0.1) is 0 Å². The predicted octanol–water partition coefficient (Wildman–Crippen LogP) is 3.66. The first-order chi connectivity index (χ1) is 9.20. The van der Waals surface area contributed by atoms with Gasteiger partial charge in [-0.05, 0) is 24.1 Å². The fourth-order valence-electron chi connectivity index (χ4n) is 1.92. The molecule has 0 spiro atoms. The maximum atomic E-state index is 6.22. The molecule has 1 aromatic heterocycles. The van der Waals surface area contributed by atoms with E-state index in [2.05, 4.69) is 22.4 Å². The molecule has 0 aliphatic heterocycles. The summed E-state index contributed by atoms with van der Waals surface area (Å²) in [4.78, 5) is 3.98. The van der Waals surface area contributed by atoms with Gasteiger partial charge in [-0.2, -0.15) is 4.98 Å². The third kappa shape index (κ3) is 3.93. The van der Waals surface area contributed by atoms with E-state index in [9.17, 15) is 0 Å². The summed E-state index contributed by atoms with van der Waals surface area (Å²) in [5, 5.41) is 8.54. The van der Waals surface area contributed by atoms with Gasteiger partial charge in [-0.1, -0.05) is 41.3 Å². The topological polar surface area (TPSA) is 51.0 Å². The van der Waals surface area contributed by atoms with Crippen molar-refractivity contribution in [2.24, 2.45) is 0 Å². The lowest BCUT2D eigenvalue weighted by Crippen LogP contribution is -2.23. The van der Waals surface area contributed by atoms with Gasteiger partial charge in [0.1, 0.15) is 0 Å². The molecule has 0 radical (unpaired) electrons. The fraction of sp³-hybridized carbons (Fsp3) is 0.385. The molecule has 0 aliphatic carbocycles. The van der Waals surface area contributed by atoms with Crippen LogP contribution in [0.25, 0.3) is 0 Å². The molecule has 1 heterocycles. The van der Waals surface area contributed by atoms with E-state index in [1.807, 2.05) is 12.1 Å². The summed E-state index contributed by atoms with van der Waals surface area (Å²) < 4.78 is 4.69. The Hall–Kier alpha value is -1.10. The highest BCUT2D eigenvalue weighted by molar-refractivity contribution is 6.35. The standard InChI is InChI=1S/C13H15Cl2N3O/c1-2-12(10-4-3-9(14)7-11(10)15)16-6-5-13-17-8-19-18-13/h3-4,7-8,12,16H,2,5-6H2,1H3. The summed E-state index contributed by atoms with van der Waals surface area (Å²) >= 11 is 12.1. The molecular weight excluding hydrogens is 285 g/mol. The molecule has 0 aliphatic rings. The molecule has 1 atom stereocenters. The van der Waals surface area contributed by atoms with Crippen LogP contribution in [-0.2, 0) is 6.42 Å². The Morgan fingerprint density at radius 3 is 2.84 bits per heavy atom. The largest absolute Gasteiger partial charge is 0.343 e. The molecule has 4 nitrogen and oxygen atoms in total. The van der Waals surface area contributed by atoms with Gasteiger partial charge in [0.2, 0.25) is 6.39 Å². The van der Waals surface area contributed by atoms with Crippen molar-refractivity contribution in [1.29, 1.82) is 0 Å². The SMILES string of the molecule is CCC(NCCc1ncon1)c1ccc(Cl)cc1Cl. The van der Waals surface area contributed by atoms with Crippen molar-refractivity contribution in [1.82, 2.24) is 15.5 Å². The van der Waals surface area contributed by atoms with Gasteiger partial charge in [0.05, 0.1) is 0 Å². The van der Waals surface area contributed by atoms with Gasteiger partial charge in [0.25, 0.3) is 0 Å². The highest BCUT2D eigenvalue weighted by Crippen LogP contribution is 2.27. The summed E-state index contributed by atoms with van der Waals surface area (Å²) in [5.74, 6) is 0.699. The van der Waals surface area contributed by atoms with Crippen LogP contribution >= 0.6 is 23.2 Å². The van der Waals surface area contributed by atoms with Gasteiger partial charge >= 0.3 is 0 Å². The van der Waals surface area contributed by atoms with Gasteiger partial charge in [-0.25, -0.2) is 0 Å². The molecule has 2 aromatic rings. The van der Waals surface area contributed by atoms with Gasteiger partial charge in [-0.3, -0.25) is 0 Å². The van der Waals surface area contributed by atoms with E-state index in [4.69, 9.17) is 27.7 Å². The lowest BCUT2D eigenvalue weighted by molar-refractivity contribution is 0.408. The molecule has 0 saturated carbocycles. The third-order valence-corrected chi connectivity index (χ3v) is 3.45. The lowest BCUT2D eigenvalue weighted by Gasteiger charge is -2.18. The molecular formula is C13H15Cl2N3O. The minimum absolute atomic E-state index is 0.191. The van der Waals surface area contributed by atoms with Crippen molar-refractivity contribution >= 4 is 23.2 Å². The highest BCUT2D eigenvalue weighted by Gasteiger charge is 2.12. The van der Waals surface area contributed by atoms with Crippen molar-refractivity contribution in [3.8, 4) is 0 Å². The average Bonchev–Trinajstić information content (AvgIpc) is 2.89.